The second-order valence-electron chi connectivity index (χ2n) is 4.39. The number of unbranched alkanes of at least 4 members (excludes halogenated alkanes) is 1. The van der Waals surface area contributed by atoms with Gasteiger partial charge < -0.3 is 14.4 Å². The number of hydrogen-bond donors (Lipinski definition) is 1. The van der Waals surface area contributed by atoms with E-state index in [1.54, 1.807) is 4.90 Å². The first-order valence-corrected chi connectivity index (χ1v) is 5.71. The average molecular weight is 215 g/mol. The van der Waals surface area contributed by atoms with Crippen molar-refractivity contribution in [3.8, 4) is 0 Å². The van der Waals surface area contributed by atoms with Crippen LogP contribution in [0.1, 0.15) is 26.7 Å². The minimum Gasteiger partial charge on any atom is -0.406 e. The summed E-state index contributed by atoms with van der Waals surface area (Å²) in [6.07, 6.45) is 2.29. The van der Waals surface area contributed by atoms with Crippen LogP contribution in [0.15, 0.2) is 0 Å². The van der Waals surface area contributed by atoms with E-state index in [2.05, 4.69) is 6.92 Å². The summed E-state index contributed by atoms with van der Waals surface area (Å²) in [6, 6.07) is 0. The van der Waals surface area contributed by atoms with Gasteiger partial charge in [-0.05, 0) is 27.3 Å². The molecule has 0 aromatic rings. The topological polar surface area (TPSA) is 41.9 Å². The quantitative estimate of drug-likeness (QED) is 0.547. The van der Waals surface area contributed by atoms with E-state index in [0.29, 0.717) is 0 Å². The Kier molecular flexibility index (Phi) is 5.05. The van der Waals surface area contributed by atoms with E-state index in [9.17, 15) is 5.11 Å². The summed E-state index contributed by atoms with van der Waals surface area (Å²) in [7, 11) is 3.53. The molecule has 5 heteroatoms. The molecule has 0 radical (unpaired) electrons. The second kappa shape index (κ2) is 5.84. The van der Waals surface area contributed by atoms with E-state index in [1.165, 1.54) is 0 Å². The van der Waals surface area contributed by atoms with Crippen molar-refractivity contribution in [1.82, 2.24) is 4.90 Å². The first-order chi connectivity index (χ1) is 7.06. The van der Waals surface area contributed by atoms with Crippen molar-refractivity contribution in [2.75, 3.05) is 14.1 Å². The predicted molar refractivity (Wildman–Crippen MR) is 60.6 cm³/mol. The number of nitrogens with zero attached hydrogens (tertiary/aromatic N) is 1. The van der Waals surface area contributed by atoms with Crippen molar-refractivity contribution >= 4 is 7.12 Å². The van der Waals surface area contributed by atoms with Crippen molar-refractivity contribution in [3.05, 3.63) is 0 Å². The zero-order valence-electron chi connectivity index (χ0n) is 10.1. The van der Waals surface area contributed by atoms with E-state index >= 15 is 0 Å². The minimum absolute atomic E-state index is 0.0377. The molecular weight excluding hydrogens is 193 g/mol. The molecule has 1 rings (SSSR count). The highest BCUT2D eigenvalue weighted by Gasteiger charge is 2.40. The molecule has 3 atom stereocenters. The molecular formula is C10H22BNO3. The minimum atomic E-state index is -0.591. The highest BCUT2D eigenvalue weighted by Crippen LogP contribution is 2.23. The smallest absolute Gasteiger partial charge is 0.406 e. The number of likely N-dealkylation sites (N-methyl/N-ethyl adjacent to an activating group) is 1. The molecule has 4 nitrogen and oxygen atoms in total. The molecule has 0 aromatic heterocycles. The molecule has 1 saturated heterocycles. The predicted octanol–water partition coefficient (Wildman–Crippen LogP) is 0.959. The molecule has 1 N–H and O–H groups in total. The molecule has 1 aliphatic rings. The lowest BCUT2D eigenvalue weighted by Gasteiger charge is -2.26. The van der Waals surface area contributed by atoms with Gasteiger partial charge in [-0.15, -0.1) is 0 Å². The number of aliphatic hydroxyl groups is 1. The summed E-state index contributed by atoms with van der Waals surface area (Å²) < 4.78 is 11.3. The zero-order chi connectivity index (χ0) is 11.4. The van der Waals surface area contributed by atoms with Crippen molar-refractivity contribution in [1.29, 1.82) is 0 Å². The van der Waals surface area contributed by atoms with E-state index in [0.717, 1.165) is 19.2 Å². The standard InChI is InChI=1S/C10H22BNO3/c1-5-6-7-11-14-8(2)9(15-11)10(13)12(3)4/h8-10,13H,5-7H2,1-4H3/t8-,9+,10?/m1/s1. The van der Waals surface area contributed by atoms with Crippen LogP contribution in [0.3, 0.4) is 0 Å². The normalized spacial score (nSPS) is 28.8. The molecule has 0 spiro atoms. The molecule has 1 fully saturated rings. The maximum absolute atomic E-state index is 9.86. The Hall–Kier alpha value is -0.0951. The van der Waals surface area contributed by atoms with Crippen LogP contribution in [0.25, 0.3) is 0 Å². The Morgan fingerprint density at radius 2 is 2.07 bits per heavy atom. The van der Waals surface area contributed by atoms with Crippen molar-refractivity contribution < 1.29 is 14.4 Å². The van der Waals surface area contributed by atoms with E-state index < -0.39 is 6.23 Å². The first kappa shape index (κ1) is 13.0. The number of aliphatic hydroxyl groups excluding tert-OH is 1. The average Bonchev–Trinajstić information content (AvgIpc) is 2.55. The van der Waals surface area contributed by atoms with Crippen LogP contribution in [0, 0.1) is 0 Å². The lowest BCUT2D eigenvalue weighted by molar-refractivity contribution is -0.0575. The van der Waals surface area contributed by atoms with Crippen LogP contribution >= 0.6 is 0 Å². The van der Waals surface area contributed by atoms with E-state index in [-0.39, 0.29) is 19.3 Å². The maximum atomic E-state index is 9.86. The third kappa shape index (κ3) is 3.45. The molecule has 0 bridgehead atoms. The molecule has 1 aliphatic heterocycles. The van der Waals surface area contributed by atoms with Gasteiger partial charge in [0.15, 0.2) is 0 Å². The Labute approximate surface area is 92.7 Å². The van der Waals surface area contributed by atoms with Gasteiger partial charge in [0.25, 0.3) is 0 Å². The molecule has 1 unspecified atom stereocenters. The van der Waals surface area contributed by atoms with Gasteiger partial charge >= 0.3 is 7.12 Å². The summed E-state index contributed by atoms with van der Waals surface area (Å²) in [6.45, 7) is 4.09. The summed E-state index contributed by atoms with van der Waals surface area (Å²) in [5.74, 6) is 0. The lowest BCUT2D eigenvalue weighted by Crippen LogP contribution is -2.43. The summed E-state index contributed by atoms with van der Waals surface area (Å²) in [5.41, 5.74) is 0. The number of hydrogen-bond acceptors (Lipinski definition) is 4. The fourth-order valence-corrected chi connectivity index (χ4v) is 1.75. The van der Waals surface area contributed by atoms with Crippen molar-refractivity contribution in [2.24, 2.45) is 0 Å². The van der Waals surface area contributed by atoms with Crippen LogP contribution in [-0.2, 0) is 9.31 Å². The second-order valence-corrected chi connectivity index (χ2v) is 4.39. The summed E-state index contributed by atoms with van der Waals surface area (Å²) in [5, 5.41) is 9.86. The van der Waals surface area contributed by atoms with Gasteiger partial charge in [0.05, 0.1) is 6.10 Å². The van der Waals surface area contributed by atoms with E-state index in [4.69, 9.17) is 9.31 Å². The van der Waals surface area contributed by atoms with Gasteiger partial charge in [-0.1, -0.05) is 19.8 Å². The first-order valence-electron chi connectivity index (χ1n) is 5.71. The van der Waals surface area contributed by atoms with Crippen molar-refractivity contribution in [3.63, 3.8) is 0 Å². The highest BCUT2D eigenvalue weighted by molar-refractivity contribution is 6.45. The Morgan fingerprint density at radius 1 is 1.40 bits per heavy atom. The molecule has 1 heterocycles. The van der Waals surface area contributed by atoms with Gasteiger partial charge in [-0.25, -0.2) is 0 Å². The summed E-state index contributed by atoms with van der Waals surface area (Å²) >= 11 is 0. The monoisotopic (exact) mass is 215 g/mol. The molecule has 0 saturated carbocycles. The van der Waals surface area contributed by atoms with Crippen LogP contribution < -0.4 is 0 Å². The van der Waals surface area contributed by atoms with Gasteiger partial charge in [-0.3, -0.25) is 4.90 Å². The largest absolute Gasteiger partial charge is 0.457 e. The third-order valence-corrected chi connectivity index (χ3v) is 2.75. The Balaban J connectivity index is 2.41. The van der Waals surface area contributed by atoms with Crippen molar-refractivity contribution in [2.45, 2.75) is 51.4 Å². The fourth-order valence-electron chi connectivity index (χ4n) is 1.75. The van der Waals surface area contributed by atoms with Gasteiger partial charge in [0.2, 0.25) is 0 Å². The molecule has 0 amide bonds. The highest BCUT2D eigenvalue weighted by atomic mass is 16.7. The SMILES string of the molecule is CCCCB1O[C@H](C(O)N(C)C)[C@@H](C)O1. The van der Waals surface area contributed by atoms with Crippen LogP contribution in [-0.4, -0.2) is 49.7 Å². The maximum Gasteiger partial charge on any atom is 0.457 e. The Bertz CT molecular complexity index is 192. The van der Waals surface area contributed by atoms with Crippen LogP contribution in [0.4, 0.5) is 0 Å². The zero-order valence-corrected chi connectivity index (χ0v) is 10.1. The van der Waals surface area contributed by atoms with Gasteiger partial charge in [0, 0.05) is 0 Å². The van der Waals surface area contributed by atoms with Gasteiger partial charge in [0.1, 0.15) is 12.3 Å². The van der Waals surface area contributed by atoms with E-state index in [1.807, 2.05) is 21.0 Å². The molecule has 15 heavy (non-hydrogen) atoms. The third-order valence-electron chi connectivity index (χ3n) is 2.75. The van der Waals surface area contributed by atoms with Gasteiger partial charge in [-0.2, -0.15) is 0 Å². The molecule has 0 aliphatic carbocycles. The molecule has 88 valence electrons. The lowest BCUT2D eigenvalue weighted by atomic mass is 9.83. The fraction of sp³-hybridized carbons (Fsp3) is 1.00. The summed E-state index contributed by atoms with van der Waals surface area (Å²) in [4.78, 5) is 1.74. The number of rotatable bonds is 5. The Morgan fingerprint density at radius 3 is 2.60 bits per heavy atom. The van der Waals surface area contributed by atoms with Crippen LogP contribution in [0.5, 0.6) is 0 Å². The van der Waals surface area contributed by atoms with Crippen LogP contribution in [0.2, 0.25) is 6.32 Å². The molecule has 0 aromatic carbocycles.